The highest BCUT2D eigenvalue weighted by atomic mass is 32.2. The van der Waals surface area contributed by atoms with Crippen molar-refractivity contribution >= 4 is 45.4 Å². The fraction of sp³-hybridized carbons (Fsp3) is 0.231. The number of hydrogen-bond acceptors (Lipinski definition) is 6. The quantitative estimate of drug-likeness (QED) is 0.149. The largest absolute Gasteiger partial charge is 0.417 e. The molecule has 1 N–H and O–H groups in total. The summed E-state index contributed by atoms with van der Waals surface area (Å²) in [7, 11) is 0. The molecule has 0 spiro atoms. The molecule has 11 heteroatoms. The minimum absolute atomic E-state index is 0.131. The maximum absolute atomic E-state index is 13.7. The molecular weight excluding hydrogens is 521 g/mol. The van der Waals surface area contributed by atoms with Crippen LogP contribution in [0.1, 0.15) is 34.4 Å². The van der Waals surface area contributed by atoms with E-state index in [9.17, 15) is 22.8 Å². The lowest BCUT2D eigenvalue weighted by molar-refractivity contribution is -0.137. The summed E-state index contributed by atoms with van der Waals surface area (Å²) in [5, 5.41) is 4.70. The first-order chi connectivity index (χ1) is 17.8. The van der Waals surface area contributed by atoms with Crippen molar-refractivity contribution < 1.29 is 18.0 Å². The van der Waals surface area contributed by atoms with Crippen molar-refractivity contribution in [3.8, 4) is 5.69 Å². The zero-order valence-electron chi connectivity index (χ0n) is 19.4. The van der Waals surface area contributed by atoms with Gasteiger partial charge in [0.15, 0.2) is 5.16 Å². The highest BCUT2D eigenvalue weighted by molar-refractivity contribution is 7.99. The fourth-order valence-corrected chi connectivity index (χ4v) is 6.40. The lowest BCUT2D eigenvalue weighted by Gasteiger charge is -2.13. The molecule has 0 radical (unpaired) electrons. The van der Waals surface area contributed by atoms with Crippen LogP contribution in [0.25, 0.3) is 15.9 Å². The molecule has 0 saturated heterocycles. The molecule has 4 aromatic rings. The number of thioether (sulfide) groups is 1. The number of aryl methyl sites for hydroxylation is 2. The van der Waals surface area contributed by atoms with Crippen LogP contribution < -0.4 is 11.0 Å². The lowest BCUT2D eigenvalue weighted by Crippen LogP contribution is -2.24. The molecular formula is C26H21F3N4O2S2. The molecule has 1 amide bonds. The first kappa shape index (κ1) is 25.2. The van der Waals surface area contributed by atoms with Gasteiger partial charge in [-0.15, -0.1) is 11.3 Å². The molecule has 6 nitrogen and oxygen atoms in total. The van der Waals surface area contributed by atoms with Crippen LogP contribution in [0.5, 0.6) is 0 Å². The zero-order chi connectivity index (χ0) is 26.0. The van der Waals surface area contributed by atoms with Crippen LogP contribution in [-0.2, 0) is 23.8 Å². The van der Waals surface area contributed by atoms with E-state index >= 15 is 0 Å². The highest BCUT2D eigenvalue weighted by Gasteiger charge is 2.32. The number of halogens is 3. The second-order valence-electron chi connectivity index (χ2n) is 8.43. The summed E-state index contributed by atoms with van der Waals surface area (Å²) in [4.78, 5) is 32.7. The van der Waals surface area contributed by atoms with E-state index in [-0.39, 0.29) is 16.9 Å². The van der Waals surface area contributed by atoms with E-state index in [2.05, 4.69) is 10.5 Å². The third-order valence-corrected chi connectivity index (χ3v) is 8.09. The maximum atomic E-state index is 13.7. The molecule has 2 aromatic heterocycles. The van der Waals surface area contributed by atoms with Gasteiger partial charge in [0.25, 0.3) is 11.5 Å². The van der Waals surface area contributed by atoms with E-state index in [1.807, 2.05) is 18.2 Å². The number of hydrazone groups is 1. The van der Waals surface area contributed by atoms with Gasteiger partial charge in [0, 0.05) is 10.4 Å². The Balaban J connectivity index is 1.39. The molecule has 190 valence electrons. The number of aromatic nitrogens is 2. The number of amides is 1. The van der Waals surface area contributed by atoms with Crippen molar-refractivity contribution in [1.82, 2.24) is 15.0 Å². The van der Waals surface area contributed by atoms with E-state index in [0.717, 1.165) is 55.3 Å². The number of thiophene rings is 1. The molecule has 1 aliphatic rings. The Morgan fingerprint density at radius 2 is 1.84 bits per heavy atom. The van der Waals surface area contributed by atoms with Gasteiger partial charge < -0.3 is 0 Å². The molecule has 0 fully saturated rings. The molecule has 0 saturated carbocycles. The standard InChI is InChI=1S/C26H21F3N4O2S2/c27-26(28,29)19-12-6-4-8-16(19)14-30-32-21(34)15-36-25-31-23-22(18-11-5-7-13-20(18)37-23)24(35)33(25)17-9-2-1-3-10-17/h1-4,6,8-10,12,14H,5,7,11,13,15H2,(H,32,34)/b30-14+. The van der Waals surface area contributed by atoms with E-state index in [1.165, 1.54) is 39.0 Å². The monoisotopic (exact) mass is 542 g/mol. The number of carbonyl (C=O) groups is 1. The number of fused-ring (bicyclic) bond motifs is 3. The number of alkyl halides is 3. The number of benzene rings is 2. The summed E-state index contributed by atoms with van der Waals surface area (Å²) in [6.45, 7) is 0. The van der Waals surface area contributed by atoms with Crippen molar-refractivity contribution in [3.05, 3.63) is 86.5 Å². The first-order valence-corrected chi connectivity index (χ1v) is 13.4. The van der Waals surface area contributed by atoms with Crippen molar-refractivity contribution in [2.24, 2.45) is 5.10 Å². The fourth-order valence-electron chi connectivity index (χ4n) is 4.29. The third-order valence-electron chi connectivity index (χ3n) is 5.96. The predicted octanol–water partition coefficient (Wildman–Crippen LogP) is 5.59. The van der Waals surface area contributed by atoms with Gasteiger partial charge >= 0.3 is 6.18 Å². The van der Waals surface area contributed by atoms with Crippen LogP contribution in [0.4, 0.5) is 13.2 Å². The Morgan fingerprint density at radius 3 is 2.62 bits per heavy atom. The van der Waals surface area contributed by atoms with E-state index in [1.54, 1.807) is 12.1 Å². The van der Waals surface area contributed by atoms with Crippen molar-refractivity contribution in [2.75, 3.05) is 5.75 Å². The van der Waals surface area contributed by atoms with Crippen LogP contribution in [0.15, 0.2) is 69.6 Å². The minimum atomic E-state index is -4.53. The van der Waals surface area contributed by atoms with Gasteiger partial charge in [-0.2, -0.15) is 18.3 Å². The SMILES string of the molecule is O=C(CSc1nc2sc3c(c2c(=O)n1-c1ccccc1)CCCC3)N/N=C/c1ccccc1C(F)(F)F. The minimum Gasteiger partial charge on any atom is -0.272 e. The maximum Gasteiger partial charge on any atom is 0.417 e. The number of para-hydroxylation sites is 1. The second-order valence-corrected chi connectivity index (χ2v) is 10.5. The number of hydrogen-bond donors (Lipinski definition) is 1. The summed E-state index contributed by atoms with van der Waals surface area (Å²) in [5.41, 5.74) is 2.82. The summed E-state index contributed by atoms with van der Waals surface area (Å²) in [6.07, 6.45) is 0.338. The Morgan fingerprint density at radius 1 is 1.11 bits per heavy atom. The predicted molar refractivity (Wildman–Crippen MR) is 140 cm³/mol. The molecule has 2 aromatic carbocycles. The van der Waals surface area contributed by atoms with Gasteiger partial charge in [-0.3, -0.25) is 14.2 Å². The number of rotatable bonds is 6. The summed E-state index contributed by atoms with van der Waals surface area (Å²) >= 11 is 2.60. The third kappa shape index (κ3) is 5.33. The molecule has 0 atom stereocenters. The van der Waals surface area contributed by atoms with Crippen molar-refractivity contribution in [3.63, 3.8) is 0 Å². The Bertz CT molecular complexity index is 1550. The van der Waals surface area contributed by atoms with Gasteiger partial charge in [-0.1, -0.05) is 48.2 Å². The molecule has 0 unspecified atom stereocenters. The molecule has 5 rings (SSSR count). The Labute approximate surface area is 218 Å². The van der Waals surface area contributed by atoms with E-state index in [0.29, 0.717) is 21.1 Å². The first-order valence-electron chi connectivity index (χ1n) is 11.6. The normalized spacial score (nSPS) is 13.7. The summed E-state index contributed by atoms with van der Waals surface area (Å²) in [6, 6.07) is 14.1. The number of carbonyl (C=O) groups excluding carboxylic acids is 1. The van der Waals surface area contributed by atoms with Gasteiger partial charge in [0.2, 0.25) is 0 Å². The van der Waals surface area contributed by atoms with Crippen LogP contribution in [-0.4, -0.2) is 27.4 Å². The van der Waals surface area contributed by atoms with Gasteiger partial charge in [0.1, 0.15) is 4.83 Å². The Hall–Kier alpha value is -3.44. The topological polar surface area (TPSA) is 76.3 Å². The summed E-state index contributed by atoms with van der Waals surface area (Å²) in [5.74, 6) is -0.668. The van der Waals surface area contributed by atoms with Gasteiger partial charge in [-0.05, 0) is 49.4 Å². The van der Waals surface area contributed by atoms with E-state index < -0.39 is 17.6 Å². The number of nitrogens with one attached hydrogen (secondary N) is 1. The Kier molecular flexibility index (Phi) is 7.16. The zero-order valence-corrected chi connectivity index (χ0v) is 21.1. The summed E-state index contributed by atoms with van der Waals surface area (Å²) < 4.78 is 41.0. The highest BCUT2D eigenvalue weighted by Crippen LogP contribution is 2.35. The van der Waals surface area contributed by atoms with Crippen LogP contribution >= 0.6 is 23.1 Å². The van der Waals surface area contributed by atoms with Gasteiger partial charge in [-0.25, -0.2) is 10.4 Å². The van der Waals surface area contributed by atoms with Crippen molar-refractivity contribution in [2.45, 2.75) is 37.0 Å². The molecule has 2 heterocycles. The van der Waals surface area contributed by atoms with Crippen LogP contribution in [0.2, 0.25) is 0 Å². The lowest BCUT2D eigenvalue weighted by atomic mass is 9.97. The van der Waals surface area contributed by atoms with E-state index in [4.69, 9.17) is 4.98 Å². The second kappa shape index (κ2) is 10.5. The van der Waals surface area contributed by atoms with Crippen molar-refractivity contribution in [1.29, 1.82) is 0 Å². The van der Waals surface area contributed by atoms with Gasteiger partial charge in [0.05, 0.1) is 28.6 Å². The average Bonchev–Trinajstić information content (AvgIpc) is 3.26. The van der Waals surface area contributed by atoms with Crippen LogP contribution in [0.3, 0.4) is 0 Å². The van der Waals surface area contributed by atoms with Crippen LogP contribution in [0, 0.1) is 0 Å². The number of nitrogens with zero attached hydrogens (tertiary/aromatic N) is 3. The smallest absolute Gasteiger partial charge is 0.272 e. The molecule has 0 aliphatic heterocycles. The molecule has 0 bridgehead atoms. The molecule has 1 aliphatic carbocycles. The average molecular weight is 543 g/mol. The molecule has 37 heavy (non-hydrogen) atoms.